The Hall–Kier alpha value is -1.40. The van der Waals surface area contributed by atoms with E-state index in [4.69, 9.17) is 0 Å². The molecule has 21 heavy (non-hydrogen) atoms. The first kappa shape index (κ1) is 16.0. The maximum atomic E-state index is 12.4. The van der Waals surface area contributed by atoms with Crippen LogP contribution < -0.4 is 5.32 Å². The largest absolute Gasteiger partial charge is 0.390 e. The summed E-state index contributed by atoms with van der Waals surface area (Å²) in [6.45, 7) is 6.62. The Labute approximate surface area is 125 Å². The summed E-state index contributed by atoms with van der Waals surface area (Å²) in [7, 11) is 0. The Kier molecular flexibility index (Phi) is 5.00. The molecule has 0 spiro atoms. The quantitative estimate of drug-likeness (QED) is 0.774. The zero-order valence-corrected chi connectivity index (χ0v) is 12.9. The van der Waals surface area contributed by atoms with Crippen molar-refractivity contribution in [1.82, 2.24) is 15.1 Å². The maximum absolute atomic E-state index is 12.4. The lowest BCUT2D eigenvalue weighted by Gasteiger charge is -2.32. The molecule has 1 aromatic rings. The van der Waals surface area contributed by atoms with Crippen molar-refractivity contribution in [2.45, 2.75) is 70.7 Å². The Morgan fingerprint density at radius 2 is 2.19 bits per heavy atom. The molecule has 0 unspecified atom stereocenters. The van der Waals surface area contributed by atoms with E-state index in [1.165, 1.54) is 0 Å². The van der Waals surface area contributed by atoms with Crippen LogP contribution in [0.25, 0.3) is 0 Å². The van der Waals surface area contributed by atoms with Crippen molar-refractivity contribution in [3.05, 3.63) is 17.5 Å². The molecule has 2 rings (SSSR count). The lowest BCUT2D eigenvalue weighted by atomic mass is 9.90. The van der Waals surface area contributed by atoms with Gasteiger partial charge in [-0.1, -0.05) is 13.8 Å². The van der Waals surface area contributed by atoms with Crippen molar-refractivity contribution in [3.8, 4) is 0 Å². The van der Waals surface area contributed by atoms with Gasteiger partial charge < -0.3 is 15.5 Å². The van der Waals surface area contributed by atoms with Crippen molar-refractivity contribution in [3.63, 3.8) is 0 Å². The van der Waals surface area contributed by atoms with Gasteiger partial charge in [-0.2, -0.15) is 5.10 Å². The number of rotatable bonds is 4. The zero-order chi connectivity index (χ0) is 15.6. The number of aliphatic hydroxyl groups is 2. The summed E-state index contributed by atoms with van der Waals surface area (Å²) >= 11 is 0. The van der Waals surface area contributed by atoms with Gasteiger partial charge in [0.2, 0.25) is 0 Å². The minimum Gasteiger partial charge on any atom is -0.390 e. The van der Waals surface area contributed by atoms with Gasteiger partial charge in [0.15, 0.2) is 0 Å². The number of nitrogens with one attached hydrogen (secondary N) is 1. The predicted octanol–water partition coefficient (Wildman–Crippen LogP) is 1.03. The second kappa shape index (κ2) is 6.58. The Bertz CT molecular complexity index is 498. The predicted molar refractivity (Wildman–Crippen MR) is 79.1 cm³/mol. The number of carbonyl (C=O) groups excluding carboxylic acids is 1. The van der Waals surface area contributed by atoms with Gasteiger partial charge in [-0.25, -0.2) is 0 Å². The Morgan fingerprint density at radius 1 is 1.48 bits per heavy atom. The molecule has 0 bridgehead atoms. The van der Waals surface area contributed by atoms with Crippen LogP contribution >= 0.6 is 0 Å². The highest BCUT2D eigenvalue weighted by molar-refractivity contribution is 5.93. The SMILES string of the molecule is CCn1nc(C(C)C)cc1C(=O)N[C@@H]1CCC[C@@H](O)[C@@H]1O. The fourth-order valence-corrected chi connectivity index (χ4v) is 2.70. The first-order chi connectivity index (χ1) is 9.93. The summed E-state index contributed by atoms with van der Waals surface area (Å²) in [5, 5.41) is 26.9. The Morgan fingerprint density at radius 3 is 2.81 bits per heavy atom. The van der Waals surface area contributed by atoms with E-state index in [2.05, 4.69) is 10.4 Å². The number of aryl methyl sites for hydroxylation is 1. The van der Waals surface area contributed by atoms with Crippen LogP contribution in [0.2, 0.25) is 0 Å². The van der Waals surface area contributed by atoms with Crippen LogP contribution in [0, 0.1) is 0 Å². The minimum absolute atomic E-state index is 0.241. The van der Waals surface area contributed by atoms with E-state index in [1.54, 1.807) is 10.7 Å². The topological polar surface area (TPSA) is 87.4 Å². The summed E-state index contributed by atoms with van der Waals surface area (Å²) < 4.78 is 1.68. The van der Waals surface area contributed by atoms with Crippen LogP contribution in [0.3, 0.4) is 0 Å². The number of nitrogens with zero attached hydrogens (tertiary/aromatic N) is 2. The van der Waals surface area contributed by atoms with Gasteiger partial charge >= 0.3 is 0 Å². The van der Waals surface area contributed by atoms with Gasteiger partial charge in [0, 0.05) is 6.54 Å². The number of carbonyl (C=O) groups is 1. The Balaban J connectivity index is 2.12. The zero-order valence-electron chi connectivity index (χ0n) is 12.9. The molecule has 1 aliphatic rings. The van der Waals surface area contributed by atoms with Gasteiger partial charge in [0.05, 0.1) is 23.9 Å². The molecule has 1 aliphatic carbocycles. The molecular weight excluding hydrogens is 270 g/mol. The van der Waals surface area contributed by atoms with E-state index < -0.39 is 18.2 Å². The number of aromatic nitrogens is 2. The lowest BCUT2D eigenvalue weighted by molar-refractivity contribution is -0.0278. The molecule has 1 saturated carbocycles. The van der Waals surface area contributed by atoms with Gasteiger partial charge in [-0.15, -0.1) is 0 Å². The van der Waals surface area contributed by atoms with Crippen LogP contribution in [0.1, 0.15) is 62.1 Å². The summed E-state index contributed by atoms with van der Waals surface area (Å²) in [4.78, 5) is 12.4. The monoisotopic (exact) mass is 295 g/mol. The third-order valence-corrected chi connectivity index (χ3v) is 4.06. The smallest absolute Gasteiger partial charge is 0.269 e. The first-order valence-electron chi connectivity index (χ1n) is 7.68. The van der Waals surface area contributed by atoms with E-state index in [0.717, 1.165) is 12.1 Å². The number of amides is 1. The number of aliphatic hydroxyl groups excluding tert-OH is 2. The first-order valence-corrected chi connectivity index (χ1v) is 7.68. The van der Waals surface area contributed by atoms with Crippen molar-refractivity contribution < 1.29 is 15.0 Å². The standard InChI is InChI=1S/C15H25N3O3/c1-4-18-12(8-11(17-18)9(2)3)15(21)16-10-6-5-7-13(19)14(10)20/h8-10,13-14,19-20H,4-7H2,1-3H3,(H,16,21)/t10-,13-,14-/m1/s1. The molecule has 3 atom stereocenters. The number of hydrogen-bond acceptors (Lipinski definition) is 4. The fourth-order valence-electron chi connectivity index (χ4n) is 2.70. The fraction of sp³-hybridized carbons (Fsp3) is 0.733. The van der Waals surface area contributed by atoms with Gasteiger partial charge in [0.1, 0.15) is 5.69 Å². The molecular formula is C15H25N3O3. The third kappa shape index (κ3) is 3.44. The molecule has 118 valence electrons. The van der Waals surface area contributed by atoms with Crippen LogP contribution in [-0.2, 0) is 6.54 Å². The van der Waals surface area contributed by atoms with Crippen molar-refractivity contribution in [2.24, 2.45) is 0 Å². The van der Waals surface area contributed by atoms with Gasteiger partial charge in [0.25, 0.3) is 5.91 Å². The lowest BCUT2D eigenvalue weighted by Crippen LogP contribution is -2.51. The molecule has 0 aliphatic heterocycles. The summed E-state index contributed by atoms with van der Waals surface area (Å²) in [5.41, 5.74) is 1.39. The molecule has 1 heterocycles. The summed E-state index contributed by atoms with van der Waals surface area (Å²) in [6.07, 6.45) is 0.406. The average molecular weight is 295 g/mol. The summed E-state index contributed by atoms with van der Waals surface area (Å²) in [5.74, 6) is 0.0147. The highest BCUT2D eigenvalue weighted by Crippen LogP contribution is 2.20. The molecule has 1 amide bonds. The van der Waals surface area contributed by atoms with Crippen LogP contribution in [0.4, 0.5) is 0 Å². The molecule has 6 heteroatoms. The van der Waals surface area contributed by atoms with Crippen LogP contribution in [0.15, 0.2) is 6.07 Å². The molecule has 6 nitrogen and oxygen atoms in total. The number of hydrogen-bond donors (Lipinski definition) is 3. The molecule has 3 N–H and O–H groups in total. The average Bonchev–Trinajstić information content (AvgIpc) is 2.88. The van der Waals surface area contributed by atoms with Gasteiger partial charge in [-0.05, 0) is 38.2 Å². The highest BCUT2D eigenvalue weighted by atomic mass is 16.3. The van der Waals surface area contributed by atoms with Crippen molar-refractivity contribution in [1.29, 1.82) is 0 Å². The second-order valence-electron chi connectivity index (χ2n) is 5.99. The molecule has 1 aromatic heterocycles. The van der Waals surface area contributed by atoms with Crippen LogP contribution in [-0.4, -0.2) is 44.2 Å². The molecule has 1 fully saturated rings. The van der Waals surface area contributed by atoms with E-state index in [1.807, 2.05) is 20.8 Å². The van der Waals surface area contributed by atoms with Crippen molar-refractivity contribution >= 4 is 5.91 Å². The normalized spacial score (nSPS) is 26.1. The van der Waals surface area contributed by atoms with Crippen molar-refractivity contribution in [2.75, 3.05) is 0 Å². The molecule has 0 radical (unpaired) electrons. The maximum Gasteiger partial charge on any atom is 0.269 e. The molecule has 0 saturated heterocycles. The van der Waals surface area contributed by atoms with Crippen LogP contribution in [0.5, 0.6) is 0 Å². The van der Waals surface area contributed by atoms with E-state index >= 15 is 0 Å². The van der Waals surface area contributed by atoms with E-state index in [0.29, 0.717) is 25.1 Å². The van der Waals surface area contributed by atoms with E-state index in [-0.39, 0.29) is 11.8 Å². The molecule has 0 aromatic carbocycles. The second-order valence-corrected chi connectivity index (χ2v) is 5.99. The third-order valence-electron chi connectivity index (χ3n) is 4.06. The van der Waals surface area contributed by atoms with E-state index in [9.17, 15) is 15.0 Å². The van der Waals surface area contributed by atoms with Gasteiger partial charge in [-0.3, -0.25) is 9.48 Å². The highest BCUT2D eigenvalue weighted by Gasteiger charge is 2.32. The minimum atomic E-state index is -0.898. The summed E-state index contributed by atoms with van der Waals surface area (Å²) in [6, 6.07) is 1.40.